The number of hydrogen-bond acceptors (Lipinski definition) is 4. The molecular weight excluding hydrogens is 446 g/mol. The Morgan fingerprint density at radius 2 is 1.18 bits per heavy atom. The van der Waals surface area contributed by atoms with E-state index in [1.54, 1.807) is 0 Å². The molecule has 0 fully saturated rings. The van der Waals surface area contributed by atoms with Crippen molar-refractivity contribution in [1.82, 2.24) is 0 Å². The van der Waals surface area contributed by atoms with Crippen LogP contribution in [0.3, 0.4) is 0 Å². The third-order valence-electron chi connectivity index (χ3n) is 5.78. The molecule has 0 aromatic rings. The largest absolute Gasteiger partial charge is 0.726 e. The molecule has 0 amide bonds. The summed E-state index contributed by atoms with van der Waals surface area (Å²) in [7, 11) is -4.42. The smallest absolute Gasteiger partial charge is 0.217 e. The molecule has 0 saturated heterocycles. The first-order valence-corrected chi connectivity index (χ1v) is 15.0. The molecule has 0 rings (SSSR count). The lowest BCUT2D eigenvalue weighted by Crippen LogP contribution is -2.50. The van der Waals surface area contributed by atoms with Gasteiger partial charge in [0.25, 0.3) is 0 Å². The zero-order chi connectivity index (χ0) is 25.8. The number of rotatable bonds is 24. The monoisotopic (exact) mass is 501 g/mol. The van der Waals surface area contributed by atoms with Gasteiger partial charge in [0.05, 0.1) is 13.2 Å². The van der Waals surface area contributed by atoms with Crippen molar-refractivity contribution in [3.63, 3.8) is 0 Å². The summed E-state index contributed by atoms with van der Waals surface area (Å²) in [5.41, 5.74) is 3.90. The second-order valence-corrected chi connectivity index (χ2v) is 10.1. The van der Waals surface area contributed by atoms with Crippen LogP contribution in [0.15, 0.2) is 37.5 Å². The summed E-state index contributed by atoms with van der Waals surface area (Å²) < 4.78 is 32.0. The fraction of sp³-hybridized carbons (Fsp3) is 0.786. The third-order valence-corrected chi connectivity index (χ3v) is 6.31. The van der Waals surface area contributed by atoms with E-state index in [1.165, 1.54) is 110 Å². The van der Waals surface area contributed by atoms with Crippen LogP contribution in [0.5, 0.6) is 0 Å². The van der Waals surface area contributed by atoms with Crippen molar-refractivity contribution in [2.24, 2.45) is 5.92 Å². The first-order chi connectivity index (χ1) is 16.4. The number of unbranched alkanes of at least 4 members (excludes halogenated alkanes) is 13. The van der Waals surface area contributed by atoms with Crippen molar-refractivity contribution in [2.45, 2.75) is 122 Å². The van der Waals surface area contributed by atoms with Crippen molar-refractivity contribution in [2.75, 3.05) is 13.2 Å². The van der Waals surface area contributed by atoms with Crippen LogP contribution >= 0.6 is 0 Å². The summed E-state index contributed by atoms with van der Waals surface area (Å²) >= 11 is 0. The van der Waals surface area contributed by atoms with Gasteiger partial charge in [-0.2, -0.15) is 0 Å². The molecule has 0 aliphatic carbocycles. The molecule has 0 aliphatic heterocycles. The van der Waals surface area contributed by atoms with Gasteiger partial charge in [0.15, 0.2) is 0 Å². The SMILES string of the molecule is C=CCC(CC=C)CCCCCCC/C=C\CCCCCCCCCC[NH3+].CCOS(=O)(=O)[O-]. The average Bonchev–Trinajstić information content (AvgIpc) is 2.78. The van der Waals surface area contributed by atoms with E-state index in [2.05, 4.69) is 47.4 Å². The molecule has 0 radical (unpaired) electrons. The summed E-state index contributed by atoms with van der Waals surface area (Å²) in [6.07, 6.45) is 33.3. The number of allylic oxidation sites excluding steroid dienone is 4. The van der Waals surface area contributed by atoms with Gasteiger partial charge in [0.2, 0.25) is 10.4 Å². The number of hydrogen-bond donors (Lipinski definition) is 1. The Morgan fingerprint density at radius 3 is 1.53 bits per heavy atom. The van der Waals surface area contributed by atoms with Crippen molar-refractivity contribution < 1.29 is 22.9 Å². The predicted molar refractivity (Wildman–Crippen MR) is 145 cm³/mol. The lowest BCUT2D eigenvalue weighted by atomic mass is 9.94. The van der Waals surface area contributed by atoms with Crippen LogP contribution in [0.1, 0.15) is 122 Å². The Bertz CT molecular complexity index is 551. The van der Waals surface area contributed by atoms with E-state index in [9.17, 15) is 13.0 Å². The highest BCUT2D eigenvalue weighted by Crippen LogP contribution is 2.19. The Labute approximate surface area is 212 Å². The van der Waals surface area contributed by atoms with E-state index < -0.39 is 10.4 Å². The maximum Gasteiger partial charge on any atom is 0.217 e. The molecule has 0 heterocycles. The Kier molecular flexibility index (Phi) is 29.3. The second-order valence-electron chi connectivity index (χ2n) is 9.02. The average molecular weight is 502 g/mol. The highest BCUT2D eigenvalue weighted by molar-refractivity contribution is 7.80. The summed E-state index contributed by atoms with van der Waals surface area (Å²) in [4.78, 5) is 0. The van der Waals surface area contributed by atoms with E-state index in [-0.39, 0.29) is 6.61 Å². The highest BCUT2D eigenvalue weighted by atomic mass is 32.3. The highest BCUT2D eigenvalue weighted by Gasteiger charge is 2.04. The van der Waals surface area contributed by atoms with Crippen molar-refractivity contribution in [1.29, 1.82) is 0 Å². The van der Waals surface area contributed by atoms with E-state index in [0.717, 1.165) is 25.3 Å². The Hall–Kier alpha value is -0.950. The summed E-state index contributed by atoms with van der Waals surface area (Å²) in [6.45, 7) is 10.2. The maximum absolute atomic E-state index is 9.45. The molecule has 34 heavy (non-hydrogen) atoms. The van der Waals surface area contributed by atoms with E-state index in [4.69, 9.17) is 0 Å². The second kappa shape index (κ2) is 28.3. The molecule has 3 N–H and O–H groups in total. The van der Waals surface area contributed by atoms with Gasteiger partial charge in [0, 0.05) is 0 Å². The van der Waals surface area contributed by atoms with E-state index >= 15 is 0 Å². The molecule has 0 unspecified atom stereocenters. The van der Waals surface area contributed by atoms with Crippen molar-refractivity contribution in [3.05, 3.63) is 37.5 Å². The quantitative estimate of drug-likeness (QED) is 0.0650. The van der Waals surface area contributed by atoms with Gasteiger partial charge in [-0.3, -0.25) is 4.18 Å². The normalized spacial score (nSPS) is 11.5. The predicted octanol–water partition coefficient (Wildman–Crippen LogP) is 7.28. The summed E-state index contributed by atoms with van der Waals surface area (Å²) in [5.74, 6) is 0.779. The van der Waals surface area contributed by atoms with Gasteiger partial charge in [-0.15, -0.1) is 13.2 Å². The van der Waals surface area contributed by atoms with Gasteiger partial charge >= 0.3 is 0 Å². The van der Waals surface area contributed by atoms with Crippen LogP contribution in [0.2, 0.25) is 0 Å². The van der Waals surface area contributed by atoms with Gasteiger partial charge in [0.1, 0.15) is 0 Å². The van der Waals surface area contributed by atoms with Crippen LogP contribution in [-0.4, -0.2) is 26.1 Å². The molecule has 0 aliphatic rings. The van der Waals surface area contributed by atoms with Crippen LogP contribution < -0.4 is 5.73 Å². The minimum absolute atomic E-state index is 0.0914. The molecule has 0 bridgehead atoms. The molecule has 202 valence electrons. The fourth-order valence-electron chi connectivity index (χ4n) is 3.91. The van der Waals surface area contributed by atoms with Crippen molar-refractivity contribution >= 4 is 10.4 Å². The number of quaternary nitrogens is 1. The first kappa shape index (κ1) is 35.2. The molecule has 0 saturated carbocycles. The molecule has 0 atom stereocenters. The summed E-state index contributed by atoms with van der Waals surface area (Å²) in [6, 6.07) is 0. The topological polar surface area (TPSA) is 94.1 Å². The fourth-order valence-corrected chi connectivity index (χ4v) is 4.20. The standard InChI is InChI=1S/C26H49N.C2H6O4S/c1-3-22-26(23-4-2)24-20-18-16-14-12-10-8-6-5-7-9-11-13-15-17-19-21-25-27;1-2-6-7(3,4)5/h3-4,6,8,26H,1-2,5,7,9-25,27H2;2H2,1H3,(H,3,4,5)/b8-6-;. The van der Waals surface area contributed by atoms with Gasteiger partial charge in [-0.1, -0.05) is 82.1 Å². The van der Waals surface area contributed by atoms with Crippen molar-refractivity contribution in [3.8, 4) is 0 Å². The molecule has 0 spiro atoms. The minimum atomic E-state index is -4.42. The maximum atomic E-state index is 9.45. The molecule has 5 nitrogen and oxygen atoms in total. The van der Waals surface area contributed by atoms with Crippen LogP contribution in [0, 0.1) is 5.92 Å². The third kappa shape index (κ3) is 33.2. The zero-order valence-corrected chi connectivity index (χ0v) is 23.0. The Morgan fingerprint density at radius 1 is 0.765 bits per heavy atom. The van der Waals surface area contributed by atoms with Crippen LogP contribution in [0.25, 0.3) is 0 Å². The van der Waals surface area contributed by atoms with Gasteiger partial charge < -0.3 is 10.3 Å². The van der Waals surface area contributed by atoms with Crippen LogP contribution in [0.4, 0.5) is 0 Å². The van der Waals surface area contributed by atoms with E-state index in [1.807, 2.05) is 0 Å². The van der Waals surface area contributed by atoms with Gasteiger partial charge in [-0.05, 0) is 70.6 Å². The lowest BCUT2D eigenvalue weighted by Gasteiger charge is -2.12. The lowest BCUT2D eigenvalue weighted by molar-refractivity contribution is -0.368. The minimum Gasteiger partial charge on any atom is -0.726 e. The first-order valence-electron chi connectivity index (χ1n) is 13.7. The Balaban J connectivity index is 0. The molecule has 0 aromatic heterocycles. The van der Waals surface area contributed by atoms with E-state index in [0.29, 0.717) is 0 Å². The molecule has 6 heteroatoms. The molecular formula is C28H55NO4S. The summed E-state index contributed by atoms with van der Waals surface area (Å²) in [5, 5.41) is 0. The van der Waals surface area contributed by atoms with Gasteiger partial charge in [-0.25, -0.2) is 8.42 Å². The molecule has 0 aromatic carbocycles. The van der Waals surface area contributed by atoms with Crippen LogP contribution in [-0.2, 0) is 14.6 Å². The zero-order valence-electron chi connectivity index (χ0n) is 22.2.